The van der Waals surface area contributed by atoms with E-state index in [1.165, 1.54) is 0 Å². The van der Waals surface area contributed by atoms with Crippen LogP contribution in [0.3, 0.4) is 0 Å². The van der Waals surface area contributed by atoms with E-state index in [-0.39, 0.29) is 5.91 Å². The average Bonchev–Trinajstić information content (AvgIpc) is 2.49. The zero-order valence-electron chi connectivity index (χ0n) is 9.46. The van der Waals surface area contributed by atoms with E-state index in [1.54, 1.807) is 11.3 Å². The standard InChI is InChI=1S/C10H16N2O2S/c1-7-11-8(6-15-7)5-14-12-9(13)10(2,3)4/h6H,5H2,1-4H3,(H,12,13). The summed E-state index contributed by atoms with van der Waals surface area (Å²) in [5.41, 5.74) is 2.81. The summed E-state index contributed by atoms with van der Waals surface area (Å²) in [6.45, 7) is 7.74. The molecule has 0 aliphatic rings. The van der Waals surface area contributed by atoms with Crippen LogP contribution in [-0.2, 0) is 16.2 Å². The molecule has 0 radical (unpaired) electrons. The molecular weight excluding hydrogens is 212 g/mol. The third-order valence-electron chi connectivity index (χ3n) is 1.73. The number of aromatic nitrogens is 1. The molecule has 1 heterocycles. The van der Waals surface area contributed by atoms with Crippen molar-refractivity contribution in [1.82, 2.24) is 10.5 Å². The van der Waals surface area contributed by atoms with Crippen molar-refractivity contribution >= 4 is 17.2 Å². The maximum absolute atomic E-state index is 11.4. The molecule has 0 saturated carbocycles. The fourth-order valence-electron chi connectivity index (χ4n) is 0.803. The van der Waals surface area contributed by atoms with Crippen LogP contribution in [-0.4, -0.2) is 10.9 Å². The van der Waals surface area contributed by atoms with Crippen LogP contribution in [0, 0.1) is 12.3 Å². The smallest absolute Gasteiger partial charge is 0.248 e. The van der Waals surface area contributed by atoms with Crippen molar-refractivity contribution in [2.75, 3.05) is 0 Å². The predicted octanol–water partition coefficient (Wildman–Crippen LogP) is 2.05. The van der Waals surface area contributed by atoms with Crippen LogP contribution in [0.25, 0.3) is 0 Å². The lowest BCUT2D eigenvalue weighted by atomic mass is 9.96. The van der Waals surface area contributed by atoms with Gasteiger partial charge < -0.3 is 0 Å². The van der Waals surface area contributed by atoms with Gasteiger partial charge in [0.05, 0.1) is 10.7 Å². The number of hydrogen-bond donors (Lipinski definition) is 1. The minimum Gasteiger partial charge on any atom is -0.272 e. The summed E-state index contributed by atoms with van der Waals surface area (Å²) in [5, 5.41) is 2.91. The Balaban J connectivity index is 2.31. The molecule has 1 aromatic rings. The van der Waals surface area contributed by atoms with Gasteiger partial charge in [0.1, 0.15) is 6.61 Å². The van der Waals surface area contributed by atoms with Gasteiger partial charge >= 0.3 is 0 Å². The molecule has 0 spiro atoms. The van der Waals surface area contributed by atoms with E-state index < -0.39 is 5.41 Å². The molecule has 0 fully saturated rings. The summed E-state index contributed by atoms with van der Waals surface area (Å²) < 4.78 is 0. The number of aryl methyl sites for hydroxylation is 1. The van der Waals surface area contributed by atoms with Gasteiger partial charge in [-0.2, -0.15) is 0 Å². The Morgan fingerprint density at radius 3 is 2.73 bits per heavy atom. The minimum atomic E-state index is -0.433. The molecule has 0 saturated heterocycles. The van der Waals surface area contributed by atoms with Gasteiger partial charge in [0, 0.05) is 10.8 Å². The van der Waals surface area contributed by atoms with E-state index in [4.69, 9.17) is 4.84 Å². The van der Waals surface area contributed by atoms with E-state index in [0.717, 1.165) is 10.7 Å². The summed E-state index contributed by atoms with van der Waals surface area (Å²) in [6, 6.07) is 0. The summed E-state index contributed by atoms with van der Waals surface area (Å²) in [6.07, 6.45) is 0. The first-order valence-electron chi connectivity index (χ1n) is 4.73. The molecule has 1 amide bonds. The lowest BCUT2D eigenvalue weighted by molar-refractivity contribution is -0.142. The normalized spacial score (nSPS) is 11.5. The summed E-state index contributed by atoms with van der Waals surface area (Å²) in [7, 11) is 0. The van der Waals surface area contributed by atoms with Crippen LogP contribution < -0.4 is 5.48 Å². The third-order valence-corrected chi connectivity index (χ3v) is 2.56. The van der Waals surface area contributed by atoms with Gasteiger partial charge in [0.25, 0.3) is 0 Å². The third kappa shape index (κ3) is 3.97. The Bertz CT molecular complexity index is 341. The second kappa shape index (κ2) is 4.72. The van der Waals surface area contributed by atoms with E-state index in [2.05, 4.69) is 10.5 Å². The Kier molecular flexibility index (Phi) is 3.82. The molecule has 0 unspecified atom stereocenters. The van der Waals surface area contributed by atoms with Gasteiger partial charge in [0.15, 0.2) is 0 Å². The topological polar surface area (TPSA) is 51.2 Å². The number of carbonyl (C=O) groups is 1. The van der Waals surface area contributed by atoms with Crippen molar-refractivity contribution in [3.63, 3.8) is 0 Å². The average molecular weight is 228 g/mol. The van der Waals surface area contributed by atoms with Gasteiger partial charge in [-0.05, 0) is 6.92 Å². The molecule has 1 rings (SSSR count). The van der Waals surface area contributed by atoms with Crippen molar-refractivity contribution in [3.8, 4) is 0 Å². The number of nitrogens with one attached hydrogen (secondary N) is 1. The van der Waals surface area contributed by atoms with E-state index in [0.29, 0.717) is 6.61 Å². The molecule has 15 heavy (non-hydrogen) atoms. The first kappa shape index (κ1) is 12.1. The summed E-state index contributed by atoms with van der Waals surface area (Å²) in [4.78, 5) is 20.7. The highest BCUT2D eigenvalue weighted by molar-refractivity contribution is 7.09. The fourth-order valence-corrected chi connectivity index (χ4v) is 1.40. The number of hydrogen-bond acceptors (Lipinski definition) is 4. The predicted molar refractivity (Wildman–Crippen MR) is 59.2 cm³/mol. The molecule has 0 aromatic carbocycles. The highest BCUT2D eigenvalue weighted by atomic mass is 32.1. The molecule has 1 aromatic heterocycles. The van der Waals surface area contributed by atoms with E-state index >= 15 is 0 Å². The van der Waals surface area contributed by atoms with Crippen LogP contribution in [0.5, 0.6) is 0 Å². The van der Waals surface area contributed by atoms with Crippen molar-refractivity contribution in [2.45, 2.75) is 34.3 Å². The molecule has 4 nitrogen and oxygen atoms in total. The van der Waals surface area contributed by atoms with Crippen LogP contribution in [0.4, 0.5) is 0 Å². The van der Waals surface area contributed by atoms with Crippen molar-refractivity contribution in [3.05, 3.63) is 16.1 Å². The first-order valence-corrected chi connectivity index (χ1v) is 5.61. The molecule has 0 atom stereocenters. The van der Waals surface area contributed by atoms with Crippen molar-refractivity contribution in [2.24, 2.45) is 5.41 Å². The van der Waals surface area contributed by atoms with Gasteiger partial charge in [-0.3, -0.25) is 9.63 Å². The summed E-state index contributed by atoms with van der Waals surface area (Å²) >= 11 is 1.56. The van der Waals surface area contributed by atoms with E-state index in [9.17, 15) is 4.79 Å². The second-order valence-electron chi connectivity index (χ2n) is 4.33. The van der Waals surface area contributed by atoms with Crippen LogP contribution in [0.1, 0.15) is 31.5 Å². The van der Waals surface area contributed by atoms with Crippen molar-refractivity contribution < 1.29 is 9.63 Å². The Morgan fingerprint density at radius 1 is 1.60 bits per heavy atom. The zero-order valence-corrected chi connectivity index (χ0v) is 10.3. The maximum atomic E-state index is 11.4. The quantitative estimate of drug-likeness (QED) is 0.805. The molecule has 84 valence electrons. The number of rotatable bonds is 3. The Labute approximate surface area is 93.6 Å². The Hall–Kier alpha value is -0.940. The second-order valence-corrected chi connectivity index (χ2v) is 5.39. The van der Waals surface area contributed by atoms with Gasteiger partial charge in [-0.1, -0.05) is 20.8 Å². The van der Waals surface area contributed by atoms with Gasteiger partial charge in [-0.25, -0.2) is 10.5 Å². The Morgan fingerprint density at radius 2 is 2.27 bits per heavy atom. The van der Waals surface area contributed by atoms with Crippen molar-refractivity contribution in [1.29, 1.82) is 0 Å². The molecule has 0 aliphatic heterocycles. The van der Waals surface area contributed by atoms with E-state index in [1.807, 2.05) is 33.1 Å². The first-order chi connectivity index (χ1) is 6.89. The minimum absolute atomic E-state index is 0.130. The molecule has 0 bridgehead atoms. The maximum Gasteiger partial charge on any atom is 0.248 e. The van der Waals surface area contributed by atoms with Gasteiger partial charge in [0.2, 0.25) is 5.91 Å². The van der Waals surface area contributed by atoms with Crippen LogP contribution in [0.2, 0.25) is 0 Å². The lowest BCUT2D eigenvalue weighted by Gasteiger charge is -2.16. The van der Waals surface area contributed by atoms with Crippen LogP contribution >= 0.6 is 11.3 Å². The van der Waals surface area contributed by atoms with Crippen LogP contribution in [0.15, 0.2) is 5.38 Å². The SMILES string of the molecule is Cc1nc(CONC(=O)C(C)(C)C)cs1. The largest absolute Gasteiger partial charge is 0.272 e. The molecular formula is C10H16N2O2S. The molecule has 5 heteroatoms. The van der Waals surface area contributed by atoms with Gasteiger partial charge in [-0.15, -0.1) is 11.3 Å². The number of thiazole rings is 1. The molecule has 1 N–H and O–H groups in total. The number of amides is 1. The number of hydroxylamine groups is 1. The summed E-state index contributed by atoms with van der Waals surface area (Å²) in [5.74, 6) is -0.130. The fraction of sp³-hybridized carbons (Fsp3) is 0.600. The zero-order chi connectivity index (χ0) is 11.5. The number of carbonyl (C=O) groups excluding carboxylic acids is 1. The monoisotopic (exact) mass is 228 g/mol. The molecule has 0 aliphatic carbocycles. The highest BCUT2D eigenvalue weighted by Crippen LogP contribution is 2.13. The lowest BCUT2D eigenvalue weighted by Crippen LogP contribution is -2.34. The highest BCUT2D eigenvalue weighted by Gasteiger charge is 2.21. The number of nitrogens with zero attached hydrogens (tertiary/aromatic N) is 1.